The number of nitrogens with one attached hydrogen (secondary N) is 1. The lowest BCUT2D eigenvalue weighted by Gasteiger charge is -2.11. The van der Waals surface area contributed by atoms with Crippen LogP contribution in [0.1, 0.15) is 38.7 Å². The molecule has 82 valence electrons. The van der Waals surface area contributed by atoms with E-state index < -0.39 is 0 Å². The van der Waals surface area contributed by atoms with Crippen LogP contribution in [0, 0.1) is 0 Å². The Morgan fingerprint density at radius 1 is 1.47 bits per heavy atom. The van der Waals surface area contributed by atoms with Crippen molar-refractivity contribution < 1.29 is 4.74 Å². The molecule has 0 aliphatic carbocycles. The van der Waals surface area contributed by atoms with Gasteiger partial charge in [0.05, 0.1) is 6.10 Å². The molecule has 0 aromatic heterocycles. The zero-order chi connectivity index (χ0) is 10.8. The van der Waals surface area contributed by atoms with Crippen molar-refractivity contribution in [1.82, 2.24) is 0 Å². The van der Waals surface area contributed by atoms with Gasteiger partial charge in [-0.15, -0.1) is 0 Å². The molecular formula is C13H19NO. The molecule has 1 aliphatic heterocycles. The quantitative estimate of drug-likeness (QED) is 0.816. The Hall–Kier alpha value is -1.18. The van der Waals surface area contributed by atoms with Gasteiger partial charge in [0.1, 0.15) is 5.75 Å². The number of hydrogen-bond donors (Lipinski definition) is 1. The van der Waals surface area contributed by atoms with Crippen molar-refractivity contribution in [2.24, 2.45) is 0 Å². The normalized spacial score (nSPS) is 18.8. The highest BCUT2D eigenvalue weighted by Crippen LogP contribution is 2.35. The average Bonchev–Trinajstić information content (AvgIpc) is 2.58. The predicted octanol–water partition coefficient (Wildman–Crippen LogP) is 3.39. The number of hydrogen-bond acceptors (Lipinski definition) is 2. The molecule has 1 N–H and O–H groups in total. The van der Waals surface area contributed by atoms with Crippen LogP contribution < -0.4 is 10.1 Å². The van der Waals surface area contributed by atoms with E-state index in [1.54, 1.807) is 0 Å². The second-order valence-electron chi connectivity index (χ2n) is 4.40. The minimum Gasteiger partial charge on any atom is -0.491 e. The molecule has 2 rings (SSSR count). The molecule has 2 nitrogen and oxygen atoms in total. The van der Waals surface area contributed by atoms with E-state index in [4.69, 9.17) is 4.74 Å². The van der Waals surface area contributed by atoms with Gasteiger partial charge in [-0.05, 0) is 31.9 Å². The monoisotopic (exact) mass is 205 g/mol. The third-order valence-electron chi connectivity index (χ3n) is 2.87. The summed E-state index contributed by atoms with van der Waals surface area (Å²) >= 11 is 0. The Morgan fingerprint density at radius 3 is 2.93 bits per heavy atom. The molecule has 15 heavy (non-hydrogen) atoms. The minimum atomic E-state index is 0.242. The fraction of sp³-hybridized carbons (Fsp3) is 0.538. The second kappa shape index (κ2) is 4.13. The molecule has 1 aromatic rings. The summed E-state index contributed by atoms with van der Waals surface area (Å²) in [5.74, 6) is 1.64. The molecule has 0 spiro atoms. The molecule has 0 saturated heterocycles. The Kier molecular flexibility index (Phi) is 2.85. The Morgan fingerprint density at radius 2 is 2.27 bits per heavy atom. The third kappa shape index (κ3) is 2.09. The van der Waals surface area contributed by atoms with Gasteiger partial charge in [0.25, 0.3) is 0 Å². The van der Waals surface area contributed by atoms with Crippen LogP contribution in [0.5, 0.6) is 5.75 Å². The number of anilines is 1. The maximum Gasteiger partial charge on any atom is 0.121 e. The van der Waals surface area contributed by atoms with Crippen LogP contribution in [0.3, 0.4) is 0 Å². The molecule has 0 radical (unpaired) electrons. The highest BCUT2D eigenvalue weighted by molar-refractivity contribution is 5.60. The number of fused-ring (bicyclic) bond motifs is 1. The molecule has 0 bridgehead atoms. The van der Waals surface area contributed by atoms with Gasteiger partial charge < -0.3 is 10.1 Å². The lowest BCUT2D eigenvalue weighted by atomic mass is 9.99. The predicted molar refractivity (Wildman–Crippen MR) is 63.7 cm³/mol. The van der Waals surface area contributed by atoms with Gasteiger partial charge in [-0.2, -0.15) is 0 Å². The summed E-state index contributed by atoms with van der Waals surface area (Å²) in [6.07, 6.45) is 1.44. The highest BCUT2D eigenvalue weighted by atomic mass is 16.5. The number of rotatable bonds is 3. The van der Waals surface area contributed by atoms with Crippen molar-refractivity contribution in [3.8, 4) is 5.75 Å². The van der Waals surface area contributed by atoms with E-state index in [1.807, 2.05) is 0 Å². The van der Waals surface area contributed by atoms with Crippen LogP contribution in [0.15, 0.2) is 18.2 Å². The van der Waals surface area contributed by atoms with Crippen molar-refractivity contribution in [2.75, 3.05) is 11.9 Å². The molecule has 1 aromatic carbocycles. The molecular weight excluding hydrogens is 186 g/mol. The van der Waals surface area contributed by atoms with Crippen molar-refractivity contribution in [3.63, 3.8) is 0 Å². The van der Waals surface area contributed by atoms with Gasteiger partial charge >= 0.3 is 0 Å². The van der Waals surface area contributed by atoms with E-state index >= 15 is 0 Å². The second-order valence-corrected chi connectivity index (χ2v) is 4.40. The summed E-state index contributed by atoms with van der Waals surface area (Å²) in [7, 11) is 0. The van der Waals surface area contributed by atoms with Crippen molar-refractivity contribution in [2.45, 2.75) is 39.2 Å². The van der Waals surface area contributed by atoms with Gasteiger partial charge in [-0.1, -0.05) is 13.0 Å². The lowest BCUT2D eigenvalue weighted by Crippen LogP contribution is -2.05. The van der Waals surface area contributed by atoms with Gasteiger partial charge in [0.2, 0.25) is 0 Å². The Labute approximate surface area is 91.6 Å². The lowest BCUT2D eigenvalue weighted by molar-refractivity contribution is 0.242. The van der Waals surface area contributed by atoms with Crippen molar-refractivity contribution in [1.29, 1.82) is 0 Å². The third-order valence-corrected chi connectivity index (χ3v) is 2.87. The summed E-state index contributed by atoms with van der Waals surface area (Å²) in [5.41, 5.74) is 2.69. The molecule has 0 amide bonds. The van der Waals surface area contributed by atoms with E-state index in [1.165, 1.54) is 17.7 Å². The first-order valence-corrected chi connectivity index (χ1v) is 5.75. The van der Waals surface area contributed by atoms with Crippen LogP contribution in [-0.2, 0) is 0 Å². The van der Waals surface area contributed by atoms with Crippen LogP contribution >= 0.6 is 0 Å². The largest absolute Gasteiger partial charge is 0.491 e. The average molecular weight is 205 g/mol. The smallest absolute Gasteiger partial charge is 0.121 e. The zero-order valence-electron chi connectivity index (χ0n) is 9.71. The molecule has 1 unspecified atom stereocenters. The number of benzene rings is 1. The van der Waals surface area contributed by atoms with E-state index in [0.29, 0.717) is 5.92 Å². The van der Waals surface area contributed by atoms with E-state index in [9.17, 15) is 0 Å². The van der Waals surface area contributed by atoms with Crippen molar-refractivity contribution in [3.05, 3.63) is 23.8 Å². The fourth-order valence-electron chi connectivity index (χ4n) is 2.10. The van der Waals surface area contributed by atoms with Gasteiger partial charge in [0, 0.05) is 24.2 Å². The Bertz CT molecular complexity index is 346. The molecule has 1 aliphatic rings. The van der Waals surface area contributed by atoms with Gasteiger partial charge in [-0.3, -0.25) is 0 Å². The summed E-state index contributed by atoms with van der Waals surface area (Å²) in [5, 5.41) is 3.43. The van der Waals surface area contributed by atoms with Crippen LogP contribution in [-0.4, -0.2) is 12.6 Å². The van der Waals surface area contributed by atoms with Crippen LogP contribution in [0.2, 0.25) is 0 Å². The molecule has 0 fully saturated rings. The minimum absolute atomic E-state index is 0.242. The molecule has 0 saturated carbocycles. The molecule has 1 atom stereocenters. The van der Waals surface area contributed by atoms with Crippen LogP contribution in [0.25, 0.3) is 0 Å². The van der Waals surface area contributed by atoms with Gasteiger partial charge in [-0.25, -0.2) is 0 Å². The van der Waals surface area contributed by atoms with E-state index in [2.05, 4.69) is 44.3 Å². The molecule has 1 heterocycles. The van der Waals surface area contributed by atoms with Crippen molar-refractivity contribution >= 4 is 5.69 Å². The fourth-order valence-corrected chi connectivity index (χ4v) is 2.10. The van der Waals surface area contributed by atoms with E-state index in [0.717, 1.165) is 12.3 Å². The molecule has 2 heteroatoms. The maximum absolute atomic E-state index is 5.67. The first kappa shape index (κ1) is 10.3. The highest BCUT2D eigenvalue weighted by Gasteiger charge is 2.20. The summed E-state index contributed by atoms with van der Waals surface area (Å²) < 4.78 is 5.67. The number of ether oxygens (including phenoxy) is 1. The first-order chi connectivity index (χ1) is 7.20. The topological polar surface area (TPSA) is 21.3 Å². The Balaban J connectivity index is 2.21. The van der Waals surface area contributed by atoms with E-state index in [-0.39, 0.29) is 6.10 Å². The summed E-state index contributed by atoms with van der Waals surface area (Å²) in [6, 6.07) is 6.39. The van der Waals surface area contributed by atoms with Gasteiger partial charge in [0.15, 0.2) is 0 Å². The summed E-state index contributed by atoms with van der Waals surface area (Å²) in [4.78, 5) is 0. The SMILES string of the molecule is CCC1CNc2cc(OC(C)C)ccc21. The first-order valence-electron chi connectivity index (χ1n) is 5.75. The van der Waals surface area contributed by atoms with Crippen LogP contribution in [0.4, 0.5) is 5.69 Å². The maximum atomic E-state index is 5.67. The standard InChI is InChI=1S/C13H19NO/c1-4-10-8-14-13-7-11(15-9(2)3)5-6-12(10)13/h5-7,9-10,14H,4,8H2,1-3H3. The zero-order valence-corrected chi connectivity index (χ0v) is 9.71. The summed E-state index contributed by atoms with van der Waals surface area (Å²) in [6.45, 7) is 7.40.